The summed E-state index contributed by atoms with van der Waals surface area (Å²) in [6.45, 7) is 10.4. The van der Waals surface area contributed by atoms with Gasteiger partial charge in [-0.05, 0) is 27.2 Å². The van der Waals surface area contributed by atoms with Gasteiger partial charge in [-0.2, -0.15) is 0 Å². The molecule has 0 aromatic heterocycles. The molecule has 4 atom stereocenters. The van der Waals surface area contributed by atoms with Crippen LogP contribution in [0.25, 0.3) is 0 Å². The standard InChI is InChI=1S/C13H23NO3/c1-6-8-12(4)10(15)17-11(2,3)13(12,5)9(7-14)16-8/h8-9H,6-7,14H2,1-5H3. The number of rotatable bonds is 2. The van der Waals surface area contributed by atoms with Gasteiger partial charge in [-0.3, -0.25) is 4.79 Å². The molecule has 0 radical (unpaired) electrons. The van der Waals surface area contributed by atoms with Crippen molar-refractivity contribution in [3.63, 3.8) is 0 Å². The van der Waals surface area contributed by atoms with E-state index in [1.54, 1.807) is 0 Å². The van der Waals surface area contributed by atoms with Crippen LogP contribution in [0.3, 0.4) is 0 Å². The summed E-state index contributed by atoms with van der Waals surface area (Å²) < 4.78 is 11.6. The zero-order chi connectivity index (χ0) is 13.1. The number of carbonyl (C=O) groups excluding carboxylic acids is 1. The van der Waals surface area contributed by atoms with Gasteiger partial charge < -0.3 is 15.2 Å². The summed E-state index contributed by atoms with van der Waals surface area (Å²) in [5, 5.41) is 0. The minimum absolute atomic E-state index is 0.102. The summed E-state index contributed by atoms with van der Waals surface area (Å²) in [5.74, 6) is -0.146. The molecule has 2 aliphatic rings. The molecule has 0 spiro atoms. The van der Waals surface area contributed by atoms with E-state index in [2.05, 4.69) is 6.92 Å². The van der Waals surface area contributed by atoms with Crippen LogP contribution in [0.2, 0.25) is 0 Å². The molecular weight excluding hydrogens is 218 g/mol. The van der Waals surface area contributed by atoms with Crippen LogP contribution in [0.1, 0.15) is 41.0 Å². The summed E-state index contributed by atoms with van der Waals surface area (Å²) in [5.41, 5.74) is 4.33. The summed E-state index contributed by atoms with van der Waals surface area (Å²) >= 11 is 0. The maximum Gasteiger partial charge on any atom is 0.315 e. The molecule has 2 rings (SSSR count). The number of cyclic esters (lactones) is 1. The Balaban J connectivity index is 2.58. The van der Waals surface area contributed by atoms with Crippen LogP contribution < -0.4 is 5.73 Å². The van der Waals surface area contributed by atoms with E-state index in [9.17, 15) is 4.79 Å². The summed E-state index contributed by atoms with van der Waals surface area (Å²) in [6.07, 6.45) is 0.572. The van der Waals surface area contributed by atoms with Crippen LogP contribution in [0.15, 0.2) is 0 Å². The van der Waals surface area contributed by atoms with Gasteiger partial charge in [0.25, 0.3) is 0 Å². The van der Waals surface area contributed by atoms with Gasteiger partial charge in [-0.25, -0.2) is 0 Å². The molecule has 0 bridgehead atoms. The topological polar surface area (TPSA) is 61.6 Å². The second-order valence-electron chi connectivity index (χ2n) is 6.06. The van der Waals surface area contributed by atoms with Crippen molar-refractivity contribution >= 4 is 5.97 Å². The van der Waals surface area contributed by atoms with Gasteiger partial charge in [0, 0.05) is 6.54 Å². The Labute approximate surface area is 103 Å². The lowest BCUT2D eigenvalue weighted by Crippen LogP contribution is -2.53. The number of esters is 1. The van der Waals surface area contributed by atoms with E-state index in [4.69, 9.17) is 15.2 Å². The van der Waals surface area contributed by atoms with Gasteiger partial charge in [0.2, 0.25) is 0 Å². The van der Waals surface area contributed by atoms with Crippen LogP contribution in [-0.4, -0.2) is 30.3 Å². The van der Waals surface area contributed by atoms with Crippen LogP contribution in [-0.2, 0) is 14.3 Å². The monoisotopic (exact) mass is 241 g/mol. The maximum atomic E-state index is 12.3. The molecule has 0 saturated carbocycles. The normalized spacial score (nSPS) is 48.0. The Hall–Kier alpha value is -0.610. The Morgan fingerprint density at radius 2 is 1.82 bits per heavy atom. The first-order valence-corrected chi connectivity index (χ1v) is 6.34. The fourth-order valence-electron chi connectivity index (χ4n) is 3.74. The highest BCUT2D eigenvalue weighted by molar-refractivity contribution is 5.82. The minimum atomic E-state index is -0.588. The molecule has 17 heavy (non-hydrogen) atoms. The first kappa shape index (κ1) is 12.8. The number of hydrogen-bond acceptors (Lipinski definition) is 4. The zero-order valence-electron chi connectivity index (χ0n) is 11.4. The van der Waals surface area contributed by atoms with Crippen LogP contribution in [0.4, 0.5) is 0 Å². The number of ether oxygens (including phenoxy) is 2. The van der Waals surface area contributed by atoms with Gasteiger partial charge in [0.15, 0.2) is 0 Å². The number of nitrogens with two attached hydrogens (primary N) is 1. The highest BCUT2D eigenvalue weighted by atomic mass is 16.6. The van der Waals surface area contributed by atoms with E-state index < -0.39 is 11.0 Å². The Kier molecular flexibility index (Phi) is 2.61. The summed E-state index contributed by atoms with van der Waals surface area (Å²) in [4.78, 5) is 12.3. The van der Waals surface area contributed by atoms with Crippen molar-refractivity contribution < 1.29 is 14.3 Å². The average molecular weight is 241 g/mol. The van der Waals surface area contributed by atoms with Crippen LogP contribution in [0.5, 0.6) is 0 Å². The predicted molar refractivity (Wildman–Crippen MR) is 64.4 cm³/mol. The summed E-state index contributed by atoms with van der Waals surface area (Å²) in [7, 11) is 0. The molecule has 0 amide bonds. The van der Waals surface area contributed by atoms with Gasteiger partial charge >= 0.3 is 5.97 Å². The molecule has 4 nitrogen and oxygen atoms in total. The summed E-state index contributed by atoms with van der Waals surface area (Å²) in [6, 6.07) is 0. The first-order valence-electron chi connectivity index (χ1n) is 6.34. The second-order valence-corrected chi connectivity index (χ2v) is 6.06. The van der Waals surface area contributed by atoms with Crippen molar-refractivity contribution in [3.05, 3.63) is 0 Å². The van der Waals surface area contributed by atoms with Crippen molar-refractivity contribution in [2.24, 2.45) is 16.6 Å². The molecule has 2 N–H and O–H groups in total. The molecule has 2 aliphatic heterocycles. The highest BCUT2D eigenvalue weighted by Gasteiger charge is 2.76. The molecule has 4 unspecified atom stereocenters. The SMILES string of the molecule is CCC1OC(CN)C2(C)C(C)(C)OC(=O)C12C. The Bertz CT molecular complexity index is 355. The molecule has 0 aromatic rings. The van der Waals surface area contributed by atoms with Crippen molar-refractivity contribution in [2.75, 3.05) is 6.54 Å². The highest BCUT2D eigenvalue weighted by Crippen LogP contribution is 2.64. The van der Waals surface area contributed by atoms with E-state index in [-0.39, 0.29) is 23.6 Å². The predicted octanol–water partition coefficient (Wildman–Crippen LogP) is 1.47. The van der Waals surface area contributed by atoms with E-state index in [1.165, 1.54) is 0 Å². The Morgan fingerprint density at radius 3 is 2.29 bits per heavy atom. The molecule has 4 heteroatoms. The number of hydrogen-bond donors (Lipinski definition) is 1. The molecule has 2 heterocycles. The third-order valence-corrected chi connectivity index (χ3v) is 5.30. The largest absolute Gasteiger partial charge is 0.458 e. The second kappa shape index (κ2) is 3.45. The quantitative estimate of drug-likeness (QED) is 0.744. The van der Waals surface area contributed by atoms with Crippen molar-refractivity contribution in [3.8, 4) is 0 Å². The van der Waals surface area contributed by atoms with Gasteiger partial charge in [0.05, 0.1) is 17.6 Å². The van der Waals surface area contributed by atoms with E-state index in [0.29, 0.717) is 6.54 Å². The van der Waals surface area contributed by atoms with Crippen molar-refractivity contribution in [2.45, 2.75) is 58.8 Å². The van der Waals surface area contributed by atoms with E-state index in [0.717, 1.165) is 6.42 Å². The van der Waals surface area contributed by atoms with Gasteiger partial charge in [-0.1, -0.05) is 13.8 Å². The number of fused-ring (bicyclic) bond motifs is 1. The Morgan fingerprint density at radius 1 is 1.24 bits per heavy atom. The van der Waals surface area contributed by atoms with Gasteiger partial charge in [0.1, 0.15) is 11.0 Å². The zero-order valence-corrected chi connectivity index (χ0v) is 11.4. The van der Waals surface area contributed by atoms with Crippen molar-refractivity contribution in [1.82, 2.24) is 0 Å². The molecule has 2 saturated heterocycles. The first-order chi connectivity index (χ1) is 7.75. The van der Waals surface area contributed by atoms with E-state index >= 15 is 0 Å². The van der Waals surface area contributed by atoms with Gasteiger partial charge in [-0.15, -0.1) is 0 Å². The molecule has 98 valence electrons. The third kappa shape index (κ3) is 1.18. The lowest BCUT2D eigenvalue weighted by molar-refractivity contribution is -0.159. The minimum Gasteiger partial charge on any atom is -0.458 e. The lowest BCUT2D eigenvalue weighted by Gasteiger charge is -2.41. The molecule has 2 fully saturated rings. The fourth-order valence-corrected chi connectivity index (χ4v) is 3.74. The fraction of sp³-hybridized carbons (Fsp3) is 0.923. The molecule has 0 aliphatic carbocycles. The molecule has 0 aromatic carbocycles. The molecular formula is C13H23NO3. The third-order valence-electron chi connectivity index (χ3n) is 5.30. The van der Waals surface area contributed by atoms with Crippen molar-refractivity contribution in [1.29, 1.82) is 0 Å². The van der Waals surface area contributed by atoms with Crippen LogP contribution >= 0.6 is 0 Å². The van der Waals surface area contributed by atoms with Crippen LogP contribution in [0, 0.1) is 10.8 Å². The maximum absolute atomic E-state index is 12.3. The average Bonchev–Trinajstić information content (AvgIpc) is 2.56. The number of carbonyl (C=O) groups is 1. The van der Waals surface area contributed by atoms with E-state index in [1.807, 2.05) is 27.7 Å². The smallest absolute Gasteiger partial charge is 0.315 e. The lowest BCUT2D eigenvalue weighted by atomic mass is 9.57.